The highest BCUT2D eigenvalue weighted by Crippen LogP contribution is 2.25. The highest BCUT2D eigenvalue weighted by Gasteiger charge is 2.28. The molecule has 0 unspecified atom stereocenters. The number of aromatic nitrogens is 1. The largest absolute Gasteiger partial charge is 0.354 e. The molecule has 0 bridgehead atoms. The molecule has 136 valence electrons. The normalized spacial score (nSPS) is 11.2. The van der Waals surface area contributed by atoms with Gasteiger partial charge in [0.1, 0.15) is 6.54 Å². The first kappa shape index (κ1) is 18.6. The number of benzene rings is 1. The van der Waals surface area contributed by atoms with Crippen LogP contribution in [0.1, 0.15) is 4.88 Å². The summed E-state index contributed by atoms with van der Waals surface area (Å²) in [7, 11) is -3.86. The molecule has 1 aromatic carbocycles. The van der Waals surface area contributed by atoms with E-state index in [-0.39, 0.29) is 22.5 Å². The number of hydrogen-bond donors (Lipinski definition) is 1. The van der Waals surface area contributed by atoms with Gasteiger partial charge < -0.3 is 5.32 Å². The lowest BCUT2D eigenvalue weighted by atomic mass is 10.3. The Morgan fingerprint density at radius 3 is 2.54 bits per heavy atom. The zero-order valence-corrected chi connectivity index (χ0v) is 16.2. The van der Waals surface area contributed by atoms with Crippen molar-refractivity contribution >= 4 is 43.7 Å². The van der Waals surface area contributed by atoms with Crippen LogP contribution in [-0.2, 0) is 21.2 Å². The molecule has 2 aromatic heterocycles. The standard InChI is InChI=1S/C17H17N3O3S3/c21-16(18-9-8-14-5-4-11-24-14)13-20(17-19-10-12-25-17)26(22,23)15-6-2-1-3-7-15/h1-7,10-12H,8-9,13H2,(H,18,21). The van der Waals surface area contributed by atoms with E-state index in [1.54, 1.807) is 34.9 Å². The third-order valence-electron chi connectivity index (χ3n) is 3.52. The number of amides is 1. The Bertz CT molecular complexity index is 924. The van der Waals surface area contributed by atoms with Crippen molar-refractivity contribution in [3.8, 4) is 0 Å². The van der Waals surface area contributed by atoms with Crippen LogP contribution >= 0.6 is 22.7 Å². The van der Waals surface area contributed by atoms with Crippen molar-refractivity contribution in [2.24, 2.45) is 0 Å². The minimum atomic E-state index is -3.86. The van der Waals surface area contributed by atoms with E-state index in [9.17, 15) is 13.2 Å². The van der Waals surface area contributed by atoms with E-state index in [1.807, 2.05) is 17.5 Å². The number of nitrogens with one attached hydrogen (secondary N) is 1. The first-order chi connectivity index (χ1) is 12.6. The highest BCUT2D eigenvalue weighted by molar-refractivity contribution is 7.93. The van der Waals surface area contributed by atoms with Crippen LogP contribution in [0.4, 0.5) is 5.13 Å². The topological polar surface area (TPSA) is 79.4 Å². The zero-order valence-electron chi connectivity index (χ0n) is 13.7. The molecule has 3 aromatic rings. The van der Waals surface area contributed by atoms with Crippen molar-refractivity contribution in [3.05, 3.63) is 64.3 Å². The first-order valence-electron chi connectivity index (χ1n) is 7.84. The number of carbonyl (C=O) groups is 1. The van der Waals surface area contributed by atoms with Gasteiger partial charge in [-0.2, -0.15) is 0 Å². The molecular formula is C17H17N3O3S3. The van der Waals surface area contributed by atoms with Crippen molar-refractivity contribution < 1.29 is 13.2 Å². The molecule has 3 rings (SSSR count). The van der Waals surface area contributed by atoms with Crippen LogP contribution < -0.4 is 9.62 Å². The zero-order chi connectivity index (χ0) is 18.4. The third kappa shape index (κ3) is 4.48. The van der Waals surface area contributed by atoms with Gasteiger partial charge in [0, 0.05) is 23.0 Å². The molecule has 0 aliphatic carbocycles. The maximum Gasteiger partial charge on any atom is 0.266 e. The second kappa shape index (κ2) is 8.43. The van der Waals surface area contributed by atoms with Crippen LogP contribution in [-0.4, -0.2) is 32.4 Å². The minimum Gasteiger partial charge on any atom is -0.354 e. The number of nitrogens with zero attached hydrogens (tertiary/aromatic N) is 2. The van der Waals surface area contributed by atoms with Gasteiger partial charge in [0.15, 0.2) is 5.13 Å². The minimum absolute atomic E-state index is 0.126. The van der Waals surface area contributed by atoms with Crippen LogP contribution in [0.3, 0.4) is 0 Å². The molecule has 0 atom stereocenters. The molecule has 0 saturated heterocycles. The second-order valence-corrected chi connectivity index (χ2v) is 9.09. The summed E-state index contributed by atoms with van der Waals surface area (Å²) < 4.78 is 26.9. The summed E-state index contributed by atoms with van der Waals surface area (Å²) in [4.78, 5) is 17.7. The van der Waals surface area contributed by atoms with E-state index >= 15 is 0 Å². The summed E-state index contributed by atoms with van der Waals surface area (Å²) in [6.45, 7) is 0.144. The summed E-state index contributed by atoms with van der Waals surface area (Å²) in [5.74, 6) is -0.365. The molecule has 0 spiro atoms. The summed E-state index contributed by atoms with van der Waals surface area (Å²) >= 11 is 2.80. The molecular weight excluding hydrogens is 390 g/mol. The highest BCUT2D eigenvalue weighted by atomic mass is 32.2. The van der Waals surface area contributed by atoms with Gasteiger partial charge in [-0.3, -0.25) is 4.79 Å². The van der Waals surface area contributed by atoms with Crippen molar-refractivity contribution in [1.29, 1.82) is 0 Å². The van der Waals surface area contributed by atoms with Gasteiger partial charge in [0.05, 0.1) is 4.90 Å². The third-order valence-corrected chi connectivity index (χ3v) is 7.12. The van der Waals surface area contributed by atoms with E-state index in [0.717, 1.165) is 4.31 Å². The Balaban J connectivity index is 1.72. The number of hydrogen-bond acceptors (Lipinski definition) is 6. The molecule has 0 aliphatic heterocycles. The first-order valence-corrected chi connectivity index (χ1v) is 11.0. The lowest BCUT2D eigenvalue weighted by Crippen LogP contribution is -2.41. The average molecular weight is 408 g/mol. The van der Waals surface area contributed by atoms with Gasteiger partial charge in [0.25, 0.3) is 10.0 Å². The fraction of sp³-hybridized carbons (Fsp3) is 0.176. The fourth-order valence-corrected chi connectivity index (χ4v) is 5.26. The summed E-state index contributed by atoms with van der Waals surface area (Å²) in [6.07, 6.45) is 2.23. The van der Waals surface area contributed by atoms with Gasteiger partial charge in [-0.1, -0.05) is 24.3 Å². The Morgan fingerprint density at radius 1 is 1.08 bits per heavy atom. The van der Waals surface area contributed by atoms with Crippen molar-refractivity contribution in [1.82, 2.24) is 10.3 Å². The molecule has 0 radical (unpaired) electrons. The van der Waals surface area contributed by atoms with Crippen molar-refractivity contribution in [3.63, 3.8) is 0 Å². The Hall–Kier alpha value is -2.23. The van der Waals surface area contributed by atoms with Gasteiger partial charge in [-0.15, -0.1) is 22.7 Å². The average Bonchev–Trinajstić information content (AvgIpc) is 3.34. The van der Waals surface area contributed by atoms with Gasteiger partial charge in [-0.05, 0) is 30.0 Å². The van der Waals surface area contributed by atoms with Crippen LogP contribution in [0.25, 0.3) is 0 Å². The van der Waals surface area contributed by atoms with Crippen LogP contribution in [0.5, 0.6) is 0 Å². The van der Waals surface area contributed by atoms with Gasteiger partial charge in [-0.25, -0.2) is 17.7 Å². The van der Waals surface area contributed by atoms with Crippen LogP contribution in [0.2, 0.25) is 0 Å². The van der Waals surface area contributed by atoms with E-state index in [1.165, 1.54) is 34.5 Å². The Morgan fingerprint density at radius 2 is 1.88 bits per heavy atom. The number of thiophene rings is 1. The molecule has 0 saturated carbocycles. The van der Waals surface area contributed by atoms with E-state index in [4.69, 9.17) is 0 Å². The molecule has 0 aliphatic rings. The van der Waals surface area contributed by atoms with E-state index in [0.29, 0.717) is 13.0 Å². The quantitative estimate of drug-likeness (QED) is 0.623. The Kier molecular flexibility index (Phi) is 6.02. The lowest BCUT2D eigenvalue weighted by Gasteiger charge is -2.21. The van der Waals surface area contributed by atoms with Crippen LogP contribution in [0, 0.1) is 0 Å². The molecule has 0 fully saturated rings. The number of rotatable bonds is 8. The predicted molar refractivity (Wildman–Crippen MR) is 104 cm³/mol. The lowest BCUT2D eigenvalue weighted by molar-refractivity contribution is -0.119. The molecule has 9 heteroatoms. The molecule has 1 amide bonds. The summed E-state index contributed by atoms with van der Waals surface area (Å²) in [5, 5.41) is 6.70. The fourth-order valence-electron chi connectivity index (χ4n) is 2.28. The van der Waals surface area contributed by atoms with Crippen molar-refractivity contribution in [2.75, 3.05) is 17.4 Å². The maximum absolute atomic E-state index is 12.9. The van der Waals surface area contributed by atoms with Gasteiger partial charge in [0.2, 0.25) is 5.91 Å². The SMILES string of the molecule is O=C(CN(c1nccs1)S(=O)(=O)c1ccccc1)NCCc1cccs1. The predicted octanol–water partition coefficient (Wildman–Crippen LogP) is 2.76. The maximum atomic E-state index is 12.9. The smallest absolute Gasteiger partial charge is 0.266 e. The van der Waals surface area contributed by atoms with Crippen molar-refractivity contribution in [2.45, 2.75) is 11.3 Å². The second-order valence-electron chi connectivity index (χ2n) is 5.32. The van der Waals surface area contributed by atoms with E-state index in [2.05, 4.69) is 10.3 Å². The molecule has 6 nitrogen and oxygen atoms in total. The molecule has 2 heterocycles. The van der Waals surface area contributed by atoms with E-state index < -0.39 is 10.0 Å². The monoisotopic (exact) mass is 407 g/mol. The molecule has 26 heavy (non-hydrogen) atoms. The molecule has 1 N–H and O–H groups in total. The number of sulfonamides is 1. The Labute approximate surface area is 160 Å². The van der Waals surface area contributed by atoms with Crippen LogP contribution in [0.15, 0.2) is 64.3 Å². The summed E-state index contributed by atoms with van der Waals surface area (Å²) in [5.41, 5.74) is 0. The number of thiazole rings is 1. The number of carbonyl (C=O) groups excluding carboxylic acids is 1. The van der Waals surface area contributed by atoms with Gasteiger partial charge >= 0.3 is 0 Å². The number of anilines is 1. The summed E-state index contributed by atoms with van der Waals surface area (Å²) in [6, 6.07) is 12.0.